The van der Waals surface area contributed by atoms with Crippen molar-refractivity contribution >= 4 is 35.6 Å². The summed E-state index contributed by atoms with van der Waals surface area (Å²) in [5, 5.41) is 16.8. The van der Waals surface area contributed by atoms with Crippen LogP contribution < -0.4 is 44.6 Å². The van der Waals surface area contributed by atoms with Crippen molar-refractivity contribution in [1.82, 2.24) is 16.0 Å². The molecule has 0 aliphatic heterocycles. The Bertz CT molecular complexity index is 804. The van der Waals surface area contributed by atoms with Crippen molar-refractivity contribution < 1.29 is 29.1 Å². The van der Waals surface area contributed by atoms with Crippen LogP contribution in [0.5, 0.6) is 0 Å². The zero-order chi connectivity index (χ0) is 28.5. The first kappa shape index (κ1) is 33.5. The van der Waals surface area contributed by atoms with Crippen molar-refractivity contribution in [1.29, 1.82) is 0 Å². The maximum absolute atomic E-state index is 13.1. The monoisotopic (exact) mass is 529 g/mol. The molecule has 14 N–H and O–H groups in total. The number of unbranched alkanes of at least 4 members (excludes halogenated alkanes) is 1. The van der Waals surface area contributed by atoms with E-state index in [1.165, 1.54) is 0 Å². The van der Waals surface area contributed by atoms with Crippen molar-refractivity contribution in [2.24, 2.45) is 39.6 Å². The van der Waals surface area contributed by atoms with Crippen molar-refractivity contribution in [2.45, 2.75) is 83.0 Å². The maximum Gasteiger partial charge on any atom is 0.326 e. The molecular weight excluding hydrogens is 486 g/mol. The van der Waals surface area contributed by atoms with E-state index in [2.05, 4.69) is 20.9 Å². The number of amides is 4. The van der Waals surface area contributed by atoms with E-state index < -0.39 is 66.1 Å². The summed E-state index contributed by atoms with van der Waals surface area (Å²) in [5.41, 5.74) is 27.1. The van der Waals surface area contributed by atoms with Gasteiger partial charge >= 0.3 is 5.97 Å². The van der Waals surface area contributed by atoms with Crippen molar-refractivity contribution in [3.05, 3.63) is 0 Å². The highest BCUT2D eigenvalue weighted by molar-refractivity contribution is 5.95. The highest BCUT2D eigenvalue weighted by Gasteiger charge is 2.33. The van der Waals surface area contributed by atoms with E-state index in [9.17, 15) is 29.1 Å². The summed E-state index contributed by atoms with van der Waals surface area (Å²) in [5.74, 6) is -4.81. The lowest BCUT2D eigenvalue weighted by Crippen LogP contribution is -2.58. The molecule has 0 bridgehead atoms. The molecule has 0 aliphatic carbocycles. The van der Waals surface area contributed by atoms with Gasteiger partial charge in [-0.2, -0.15) is 0 Å². The third-order valence-corrected chi connectivity index (χ3v) is 5.70. The number of carboxylic acid groups (broad SMARTS) is 1. The van der Waals surface area contributed by atoms with E-state index >= 15 is 0 Å². The van der Waals surface area contributed by atoms with Crippen LogP contribution in [0, 0.1) is 5.92 Å². The van der Waals surface area contributed by atoms with Crippen LogP contribution in [0.25, 0.3) is 0 Å². The summed E-state index contributed by atoms with van der Waals surface area (Å²) in [4.78, 5) is 65.1. The zero-order valence-corrected chi connectivity index (χ0v) is 21.6. The van der Waals surface area contributed by atoms with Crippen LogP contribution in [-0.2, 0) is 24.0 Å². The number of primary amides is 1. The fourth-order valence-corrected chi connectivity index (χ4v) is 3.31. The molecule has 0 rings (SSSR count). The number of hydrogen-bond acceptors (Lipinski definition) is 8. The number of nitrogens with zero attached hydrogens (tertiary/aromatic N) is 1. The molecule has 15 heteroatoms. The van der Waals surface area contributed by atoms with Gasteiger partial charge in [-0.3, -0.25) is 24.2 Å². The molecule has 0 aromatic heterocycles. The SMILES string of the molecule is CCC(C)C(NC(=O)C(CCCCN)NC(=O)C(N)CCCN=C(N)N)C(=O)NC(CC(N)=O)C(=O)O. The molecule has 0 heterocycles. The van der Waals surface area contributed by atoms with Crippen LogP contribution in [0.15, 0.2) is 4.99 Å². The van der Waals surface area contributed by atoms with Gasteiger partial charge in [0.15, 0.2) is 5.96 Å². The first-order valence-corrected chi connectivity index (χ1v) is 12.3. The third kappa shape index (κ3) is 14.0. The minimum Gasteiger partial charge on any atom is -0.480 e. The Morgan fingerprint density at radius 3 is 2.00 bits per heavy atom. The van der Waals surface area contributed by atoms with Gasteiger partial charge in [0, 0.05) is 6.54 Å². The average molecular weight is 530 g/mol. The Labute approximate surface area is 216 Å². The quantitative estimate of drug-likeness (QED) is 0.0463. The number of hydrogen-bond donors (Lipinski definition) is 9. The Morgan fingerprint density at radius 1 is 0.865 bits per heavy atom. The van der Waals surface area contributed by atoms with E-state index in [-0.39, 0.29) is 18.8 Å². The molecule has 0 saturated heterocycles. The number of aliphatic imine (C=N–C) groups is 1. The second kappa shape index (κ2) is 17.9. The number of carbonyl (C=O) groups excluding carboxylic acids is 4. The van der Waals surface area contributed by atoms with Gasteiger partial charge in [-0.05, 0) is 44.6 Å². The summed E-state index contributed by atoms with van der Waals surface area (Å²) >= 11 is 0. The summed E-state index contributed by atoms with van der Waals surface area (Å²) in [6.45, 7) is 4.17. The molecule has 5 atom stereocenters. The largest absolute Gasteiger partial charge is 0.480 e. The lowest BCUT2D eigenvalue weighted by molar-refractivity contribution is -0.144. The van der Waals surface area contributed by atoms with Gasteiger partial charge in [0.2, 0.25) is 23.6 Å². The summed E-state index contributed by atoms with van der Waals surface area (Å²) in [7, 11) is 0. The fraction of sp³-hybridized carbons (Fsp3) is 0.727. The smallest absolute Gasteiger partial charge is 0.326 e. The number of guanidine groups is 1. The number of rotatable bonds is 19. The molecular formula is C22H43N9O6. The van der Waals surface area contributed by atoms with Gasteiger partial charge in [-0.25, -0.2) is 4.79 Å². The second-order valence-electron chi connectivity index (χ2n) is 8.84. The summed E-state index contributed by atoms with van der Waals surface area (Å²) in [6.07, 6.45) is 1.94. The number of carboxylic acids is 1. The third-order valence-electron chi connectivity index (χ3n) is 5.70. The van der Waals surface area contributed by atoms with Crippen LogP contribution in [0.4, 0.5) is 0 Å². The average Bonchev–Trinajstić information content (AvgIpc) is 2.82. The van der Waals surface area contributed by atoms with E-state index in [1.807, 2.05) is 0 Å². The molecule has 0 aromatic carbocycles. The first-order valence-electron chi connectivity index (χ1n) is 12.3. The fourth-order valence-electron chi connectivity index (χ4n) is 3.31. The molecule has 0 aliphatic rings. The number of nitrogens with one attached hydrogen (secondary N) is 3. The topological polar surface area (TPSA) is 284 Å². The number of nitrogens with two attached hydrogens (primary N) is 5. The number of carbonyl (C=O) groups is 5. The van der Waals surface area contributed by atoms with Gasteiger partial charge in [-0.15, -0.1) is 0 Å². The van der Waals surface area contributed by atoms with Crippen molar-refractivity contribution in [2.75, 3.05) is 13.1 Å². The van der Waals surface area contributed by atoms with Gasteiger partial charge in [-0.1, -0.05) is 20.3 Å². The highest BCUT2D eigenvalue weighted by atomic mass is 16.4. The number of aliphatic carboxylic acids is 1. The Kier molecular flexibility index (Phi) is 16.2. The van der Waals surface area contributed by atoms with Gasteiger partial charge in [0.05, 0.1) is 12.5 Å². The van der Waals surface area contributed by atoms with Crippen LogP contribution in [0.2, 0.25) is 0 Å². The Hall–Kier alpha value is -3.46. The van der Waals surface area contributed by atoms with Gasteiger partial charge < -0.3 is 49.7 Å². The second-order valence-corrected chi connectivity index (χ2v) is 8.84. The van der Waals surface area contributed by atoms with Gasteiger partial charge in [0.1, 0.15) is 18.1 Å². The lowest BCUT2D eigenvalue weighted by Gasteiger charge is -2.28. The standard InChI is InChI=1S/C22H43N9O6/c1-3-12(2)17(20(35)30-15(21(36)37)11-16(25)32)31-19(34)14(8-4-5-9-23)29-18(33)13(24)7-6-10-28-22(26)27/h12-15,17H,3-11,23-24H2,1-2H3,(H2,25,32)(H,29,33)(H,30,35)(H,31,34)(H,36,37)(H4,26,27,28). The maximum atomic E-state index is 13.1. The van der Waals surface area contributed by atoms with E-state index in [4.69, 9.17) is 28.7 Å². The molecule has 4 amide bonds. The first-order chi connectivity index (χ1) is 17.3. The van der Waals surface area contributed by atoms with E-state index in [0.29, 0.717) is 38.8 Å². The van der Waals surface area contributed by atoms with Crippen LogP contribution in [0.3, 0.4) is 0 Å². The predicted octanol–water partition coefficient (Wildman–Crippen LogP) is -3.04. The summed E-state index contributed by atoms with van der Waals surface area (Å²) in [6, 6.07) is -4.61. The molecule has 0 spiro atoms. The van der Waals surface area contributed by atoms with E-state index in [0.717, 1.165) is 0 Å². The highest BCUT2D eigenvalue weighted by Crippen LogP contribution is 2.11. The lowest BCUT2D eigenvalue weighted by atomic mass is 9.96. The zero-order valence-electron chi connectivity index (χ0n) is 21.6. The normalized spacial score (nSPS) is 14.8. The Balaban J connectivity index is 5.49. The molecule has 15 nitrogen and oxygen atoms in total. The minimum atomic E-state index is -1.55. The molecule has 212 valence electrons. The molecule has 0 aromatic rings. The molecule has 37 heavy (non-hydrogen) atoms. The van der Waals surface area contributed by atoms with Crippen molar-refractivity contribution in [3.8, 4) is 0 Å². The van der Waals surface area contributed by atoms with E-state index in [1.54, 1.807) is 13.8 Å². The molecule has 0 radical (unpaired) electrons. The van der Waals surface area contributed by atoms with Crippen molar-refractivity contribution in [3.63, 3.8) is 0 Å². The Morgan fingerprint density at radius 2 is 1.49 bits per heavy atom. The molecule has 0 fully saturated rings. The molecule has 0 saturated carbocycles. The predicted molar refractivity (Wildman–Crippen MR) is 137 cm³/mol. The molecule has 5 unspecified atom stereocenters. The van der Waals surface area contributed by atoms with Crippen LogP contribution in [0.1, 0.15) is 58.8 Å². The summed E-state index contributed by atoms with van der Waals surface area (Å²) < 4.78 is 0. The van der Waals surface area contributed by atoms with Crippen LogP contribution >= 0.6 is 0 Å². The van der Waals surface area contributed by atoms with Crippen LogP contribution in [-0.4, -0.2) is 77.9 Å². The minimum absolute atomic E-state index is 0.0705. The van der Waals surface area contributed by atoms with Gasteiger partial charge in [0.25, 0.3) is 0 Å².